The molecule has 0 spiro atoms. The molecule has 0 rings (SSSR count). The molecule has 5 heteroatoms. The quantitative estimate of drug-likeness (QED) is 0.342. The fourth-order valence-electron chi connectivity index (χ4n) is 0. The zero-order chi connectivity index (χ0) is 3.41. The summed E-state index contributed by atoms with van der Waals surface area (Å²) >= 11 is 0. The Hall–Kier alpha value is 2.45. The van der Waals surface area contributed by atoms with Crippen molar-refractivity contribution in [1.29, 1.82) is 0 Å². The summed E-state index contributed by atoms with van der Waals surface area (Å²) < 4.78 is 0. The fraction of sp³-hybridized carbons (Fsp3) is 0.667. The molecule has 0 fully saturated rings. The van der Waals surface area contributed by atoms with Crippen molar-refractivity contribution >= 4 is 46.1 Å². The second kappa shape index (κ2) is 34.1. The van der Waals surface area contributed by atoms with E-state index in [1.165, 1.54) is 0 Å². The molecular formula is C3H6Br2Mg2O. The summed E-state index contributed by atoms with van der Waals surface area (Å²) in [7, 11) is 0. The predicted molar refractivity (Wildman–Crippen MR) is 26.3 cm³/mol. The molecule has 0 aliphatic carbocycles. The molecule has 0 radical (unpaired) electrons. The van der Waals surface area contributed by atoms with Gasteiger partial charge < -0.3 is 46.0 Å². The summed E-state index contributed by atoms with van der Waals surface area (Å²) in [5.41, 5.74) is 0. The van der Waals surface area contributed by atoms with Gasteiger partial charge >= 0.3 is 46.1 Å². The molecule has 0 N–H and O–H groups in total. The van der Waals surface area contributed by atoms with Crippen LogP contribution in [-0.4, -0.2) is 52.7 Å². The summed E-state index contributed by atoms with van der Waals surface area (Å²) in [4.78, 5) is 0. The van der Waals surface area contributed by atoms with Gasteiger partial charge in [-0.2, -0.15) is 13.0 Å². The van der Waals surface area contributed by atoms with Gasteiger partial charge in [0, 0.05) is 0 Å². The van der Waals surface area contributed by atoms with E-state index in [4.69, 9.17) is 0 Å². The van der Waals surface area contributed by atoms with E-state index in [0.29, 0.717) is 6.42 Å². The van der Waals surface area contributed by atoms with Crippen molar-refractivity contribution in [2.45, 2.75) is 6.42 Å². The minimum Gasteiger partial charge on any atom is -1.00 e. The van der Waals surface area contributed by atoms with Crippen LogP contribution in [0.5, 0.6) is 0 Å². The van der Waals surface area contributed by atoms with E-state index in [0.717, 1.165) is 0 Å². The number of hydrogen-bond donors (Lipinski definition) is 0. The normalized spacial score (nSPS) is 3.75. The van der Waals surface area contributed by atoms with Gasteiger partial charge in [0.2, 0.25) is 0 Å². The van der Waals surface area contributed by atoms with Crippen molar-refractivity contribution in [3.05, 3.63) is 6.92 Å². The van der Waals surface area contributed by atoms with E-state index < -0.39 is 0 Å². The van der Waals surface area contributed by atoms with Crippen LogP contribution in [-0.2, 0) is 0 Å². The smallest absolute Gasteiger partial charge is 1.00 e. The predicted octanol–water partition coefficient (Wildman–Crippen LogP) is -7.18. The van der Waals surface area contributed by atoms with Gasteiger partial charge in [0.05, 0.1) is 0 Å². The molecule has 0 aromatic carbocycles. The van der Waals surface area contributed by atoms with Gasteiger partial charge in [0.1, 0.15) is 0 Å². The molecule has 0 saturated carbocycles. The molecule has 1 nitrogen and oxygen atoms in total. The van der Waals surface area contributed by atoms with Crippen LogP contribution in [0.15, 0.2) is 0 Å². The van der Waals surface area contributed by atoms with Crippen molar-refractivity contribution in [1.82, 2.24) is 0 Å². The average molecular weight is 266 g/mol. The number of halogens is 2. The molecule has 0 atom stereocenters. The van der Waals surface area contributed by atoms with Crippen LogP contribution in [0.3, 0.4) is 0 Å². The van der Waals surface area contributed by atoms with Gasteiger partial charge in [-0.3, -0.25) is 0 Å². The second-order valence-electron chi connectivity index (χ2n) is 0.558. The first kappa shape index (κ1) is 31.4. The van der Waals surface area contributed by atoms with Gasteiger partial charge in [0.25, 0.3) is 0 Å². The van der Waals surface area contributed by atoms with E-state index in [1.807, 2.05) is 0 Å². The Morgan fingerprint density at radius 3 is 1.25 bits per heavy atom. The van der Waals surface area contributed by atoms with Crippen molar-refractivity contribution in [2.24, 2.45) is 0 Å². The molecule has 42 valence electrons. The minimum atomic E-state index is -0.0417. The Bertz CT molecular complexity index is 17.2. The van der Waals surface area contributed by atoms with Crippen LogP contribution >= 0.6 is 0 Å². The first-order valence-corrected chi connectivity index (χ1v) is 1.29. The molecular weight excluding hydrogens is 260 g/mol. The average Bonchev–Trinajstić information content (AvgIpc) is 1.37. The molecule has 0 aromatic rings. The van der Waals surface area contributed by atoms with Gasteiger partial charge in [-0.25, -0.2) is 0 Å². The Kier molecular flexibility index (Phi) is 134. The third-order valence-electron chi connectivity index (χ3n) is 0.144. The Morgan fingerprint density at radius 1 is 1.12 bits per heavy atom. The molecule has 0 saturated heterocycles. The van der Waals surface area contributed by atoms with E-state index in [-0.39, 0.29) is 86.7 Å². The summed E-state index contributed by atoms with van der Waals surface area (Å²) in [6.45, 7) is 3.25. The van der Waals surface area contributed by atoms with Crippen LogP contribution in [0.2, 0.25) is 0 Å². The van der Waals surface area contributed by atoms with Gasteiger partial charge in [-0.15, -0.1) is 0 Å². The van der Waals surface area contributed by atoms with E-state index in [1.54, 1.807) is 0 Å². The van der Waals surface area contributed by atoms with Crippen LogP contribution in [0, 0.1) is 6.92 Å². The van der Waals surface area contributed by atoms with E-state index >= 15 is 0 Å². The summed E-state index contributed by atoms with van der Waals surface area (Å²) in [6.07, 6.45) is 0.514. The maximum absolute atomic E-state index is 9.24. The van der Waals surface area contributed by atoms with Gasteiger partial charge in [-0.1, -0.05) is 0 Å². The SMILES string of the molecule is [Br-].[Br-].[CH2-]CC[O-].[Mg+2].[Mg+2]. The third-order valence-corrected chi connectivity index (χ3v) is 0.144. The Labute approximate surface area is 104 Å². The molecule has 0 amide bonds. The van der Waals surface area contributed by atoms with Crippen LogP contribution in [0.4, 0.5) is 0 Å². The fourth-order valence-corrected chi connectivity index (χ4v) is 0. The van der Waals surface area contributed by atoms with Gasteiger partial charge in [0.15, 0.2) is 0 Å². The van der Waals surface area contributed by atoms with Crippen LogP contribution in [0.1, 0.15) is 6.42 Å². The standard InChI is InChI=1S/C3H6O.2BrH.2Mg/c1-2-3-4;;;;/h1-3H2;2*1H;;/q-2;;;2*+2/p-2. The zero-order valence-electron chi connectivity index (χ0n) is 4.70. The summed E-state index contributed by atoms with van der Waals surface area (Å²) in [6, 6.07) is 0. The monoisotopic (exact) mass is 264 g/mol. The largest absolute Gasteiger partial charge is 2.00 e. The van der Waals surface area contributed by atoms with E-state index in [9.17, 15) is 5.11 Å². The molecule has 0 bridgehead atoms. The van der Waals surface area contributed by atoms with Crippen molar-refractivity contribution in [2.75, 3.05) is 6.61 Å². The van der Waals surface area contributed by atoms with E-state index in [2.05, 4.69) is 6.92 Å². The van der Waals surface area contributed by atoms with Crippen LogP contribution in [0.25, 0.3) is 0 Å². The minimum absolute atomic E-state index is 0. The molecule has 0 aliphatic rings. The zero-order valence-corrected chi connectivity index (χ0v) is 10.7. The molecule has 0 aliphatic heterocycles. The first-order chi connectivity index (χ1) is 1.91. The summed E-state index contributed by atoms with van der Waals surface area (Å²) in [5.74, 6) is 0. The van der Waals surface area contributed by atoms with Crippen molar-refractivity contribution in [3.8, 4) is 0 Å². The number of hydrogen-bond acceptors (Lipinski definition) is 1. The topological polar surface area (TPSA) is 23.1 Å². The Morgan fingerprint density at radius 2 is 1.25 bits per heavy atom. The molecule has 0 aromatic heterocycles. The van der Waals surface area contributed by atoms with Crippen LogP contribution < -0.4 is 39.1 Å². The molecule has 8 heavy (non-hydrogen) atoms. The maximum atomic E-state index is 9.24. The number of rotatable bonds is 1. The van der Waals surface area contributed by atoms with Crippen molar-refractivity contribution < 1.29 is 39.1 Å². The van der Waals surface area contributed by atoms with Gasteiger partial charge in [-0.05, 0) is 0 Å². The first-order valence-electron chi connectivity index (χ1n) is 1.29. The molecule has 0 heterocycles. The van der Waals surface area contributed by atoms with Crippen molar-refractivity contribution in [3.63, 3.8) is 0 Å². The third kappa shape index (κ3) is 39.4. The second-order valence-corrected chi connectivity index (χ2v) is 0.558. The Balaban J connectivity index is -0.00000000750. The summed E-state index contributed by atoms with van der Waals surface area (Å²) in [5, 5.41) is 9.24. The molecule has 0 unspecified atom stereocenters. The maximum Gasteiger partial charge on any atom is 2.00 e.